The van der Waals surface area contributed by atoms with Crippen molar-refractivity contribution in [3.05, 3.63) is 83.2 Å². The number of rotatable bonds is 3. The molecule has 40 heavy (non-hydrogen) atoms. The van der Waals surface area contributed by atoms with Crippen LogP contribution in [0.15, 0.2) is 71.4 Å². The Bertz CT molecular complexity index is 1500. The molecule has 1 saturated carbocycles. The second kappa shape index (κ2) is 11.4. The summed E-state index contributed by atoms with van der Waals surface area (Å²) in [5, 5.41) is 2.70. The average molecular weight is 548 g/mol. The molecule has 0 radical (unpaired) electrons. The van der Waals surface area contributed by atoms with Gasteiger partial charge in [0.2, 0.25) is 0 Å². The number of benzene rings is 2. The maximum atomic E-state index is 12.7. The Balaban J connectivity index is 0.000000480. The number of likely N-dealkylation sites (tertiary alicyclic amines) is 1. The molecule has 2 aliphatic heterocycles. The molecule has 3 heterocycles. The van der Waals surface area contributed by atoms with Crippen LogP contribution >= 0.6 is 11.8 Å². The smallest absolute Gasteiger partial charge is 0.272 e. The van der Waals surface area contributed by atoms with Gasteiger partial charge in [0, 0.05) is 37.1 Å². The van der Waals surface area contributed by atoms with Crippen molar-refractivity contribution in [1.29, 1.82) is 0 Å². The maximum Gasteiger partial charge on any atom is 0.272 e. The largest absolute Gasteiger partial charge is 0.337 e. The molecular weight excluding hydrogens is 510 g/mol. The van der Waals surface area contributed by atoms with Crippen molar-refractivity contribution in [2.45, 2.75) is 51.4 Å². The van der Waals surface area contributed by atoms with Gasteiger partial charge in [0.15, 0.2) is 0 Å². The Kier molecular flexibility index (Phi) is 7.32. The van der Waals surface area contributed by atoms with E-state index in [0.29, 0.717) is 5.69 Å². The summed E-state index contributed by atoms with van der Waals surface area (Å²) in [6, 6.07) is 15.5. The van der Waals surface area contributed by atoms with Gasteiger partial charge in [0.05, 0.1) is 5.55 Å². The van der Waals surface area contributed by atoms with Crippen LogP contribution in [0.1, 0.15) is 66.6 Å². The summed E-state index contributed by atoms with van der Waals surface area (Å²) in [6.07, 6.45) is 16.7. The first-order valence-corrected chi connectivity index (χ1v) is 16.1. The highest BCUT2D eigenvalue weighted by Crippen LogP contribution is 2.49. The summed E-state index contributed by atoms with van der Waals surface area (Å²) >= 11 is 1.78. The molecule has 2 aromatic carbocycles. The quantitative estimate of drug-likeness (QED) is 0.334. The molecule has 0 N–H and O–H groups in total. The zero-order chi connectivity index (χ0) is 26.9. The summed E-state index contributed by atoms with van der Waals surface area (Å²) in [5.41, 5.74) is 10.9. The van der Waals surface area contributed by atoms with E-state index in [1.165, 1.54) is 66.2 Å². The molecule has 3 aliphatic carbocycles. The highest BCUT2D eigenvalue weighted by molar-refractivity contribution is 8.12. The van der Waals surface area contributed by atoms with E-state index in [1.807, 2.05) is 28.8 Å². The average Bonchev–Trinajstić information content (AvgIpc) is 3.74. The number of carbonyl (C=O) groups excluding carboxylic acids is 1. The first kappa shape index (κ1) is 25.8. The number of aromatic nitrogens is 1. The Labute approximate surface area is 241 Å². The van der Waals surface area contributed by atoms with Crippen LogP contribution in [0.5, 0.6) is 0 Å². The van der Waals surface area contributed by atoms with Crippen molar-refractivity contribution in [1.82, 2.24) is 9.88 Å². The Morgan fingerprint density at radius 1 is 0.975 bits per heavy atom. The Morgan fingerprint density at radius 2 is 1.85 bits per heavy atom. The predicted octanol–water partition coefficient (Wildman–Crippen LogP) is 7.98. The Hall–Kier alpha value is -3.18. The number of aliphatic imine (C=N–C) groups is 1. The van der Waals surface area contributed by atoms with E-state index in [2.05, 4.69) is 52.5 Å². The van der Waals surface area contributed by atoms with E-state index in [4.69, 9.17) is 0 Å². The molecule has 8 rings (SSSR count). The molecule has 204 valence electrons. The van der Waals surface area contributed by atoms with Gasteiger partial charge in [-0.1, -0.05) is 54.5 Å². The number of thioether (sulfide) groups is 1. The normalized spacial score (nSPS) is 21.6. The van der Waals surface area contributed by atoms with E-state index < -0.39 is 0 Å². The highest BCUT2D eigenvalue weighted by Gasteiger charge is 2.35. The van der Waals surface area contributed by atoms with Crippen LogP contribution in [0.4, 0.5) is 0 Å². The molecule has 3 aromatic rings. The van der Waals surface area contributed by atoms with Crippen molar-refractivity contribution in [3.63, 3.8) is 0 Å². The minimum atomic E-state index is 0.0608. The fourth-order valence-electron chi connectivity index (χ4n) is 7.05. The number of allylic oxidation sites excluding steroid dienone is 4. The second-order valence-corrected chi connectivity index (χ2v) is 12.7. The summed E-state index contributed by atoms with van der Waals surface area (Å²) in [4.78, 5) is 23.0. The van der Waals surface area contributed by atoms with E-state index in [-0.39, 0.29) is 5.91 Å². The molecule has 1 saturated heterocycles. The lowest BCUT2D eigenvalue weighted by atomic mass is 9.64. The third-order valence-corrected chi connectivity index (χ3v) is 10.1. The van der Waals surface area contributed by atoms with Gasteiger partial charge >= 0.3 is 0 Å². The van der Waals surface area contributed by atoms with Gasteiger partial charge in [-0.05, 0) is 102 Å². The number of fused-ring (bicyclic) bond motifs is 4. The molecule has 5 heteroatoms. The zero-order valence-electron chi connectivity index (χ0n) is 23.1. The third kappa shape index (κ3) is 4.94. The standard InChI is InChI=1S/C32H32N2O.C3H5NS/c35-32(34-16-3-4-17-34)31-15-12-24(20-33-31)22-10-13-25-23(18-22)11-14-28-26-8-1-2-9-27(26)29(19-30(25)28)21-6-5-7-21;1-2-5-3-4-1/h1,8,10-15,18,20-21,29H,2-7,9,16-17,19H2;3H,1-2H2. The van der Waals surface area contributed by atoms with E-state index in [9.17, 15) is 4.79 Å². The van der Waals surface area contributed by atoms with E-state index in [1.54, 1.807) is 22.9 Å². The minimum absolute atomic E-state index is 0.0608. The van der Waals surface area contributed by atoms with Gasteiger partial charge in [0.25, 0.3) is 5.91 Å². The number of hydrogen-bond donors (Lipinski definition) is 0. The minimum Gasteiger partial charge on any atom is -0.337 e. The predicted molar refractivity (Wildman–Crippen MR) is 168 cm³/mol. The molecule has 1 amide bonds. The van der Waals surface area contributed by atoms with E-state index in [0.717, 1.165) is 55.4 Å². The lowest BCUT2D eigenvalue weighted by Gasteiger charge is -2.40. The number of amides is 1. The van der Waals surface area contributed by atoms with Crippen molar-refractivity contribution < 1.29 is 4.79 Å². The van der Waals surface area contributed by atoms with Gasteiger partial charge in [-0.15, -0.1) is 11.8 Å². The van der Waals surface area contributed by atoms with Crippen molar-refractivity contribution in [2.75, 3.05) is 25.4 Å². The number of carbonyl (C=O) groups is 1. The van der Waals surface area contributed by atoms with Gasteiger partial charge in [-0.2, -0.15) is 0 Å². The fraction of sp³-hybridized carbons (Fsp3) is 0.400. The van der Waals surface area contributed by atoms with Crippen LogP contribution in [0.3, 0.4) is 0 Å². The number of hydrogen-bond acceptors (Lipinski definition) is 4. The van der Waals surface area contributed by atoms with Crippen molar-refractivity contribution in [3.8, 4) is 11.1 Å². The van der Waals surface area contributed by atoms with Crippen LogP contribution in [0, 0.1) is 11.8 Å². The Morgan fingerprint density at radius 3 is 2.55 bits per heavy atom. The third-order valence-electron chi connectivity index (χ3n) is 9.42. The molecule has 0 bridgehead atoms. The van der Waals surface area contributed by atoms with Gasteiger partial charge in [0.1, 0.15) is 5.69 Å². The lowest BCUT2D eigenvalue weighted by Crippen LogP contribution is -2.29. The number of pyridine rings is 1. The van der Waals surface area contributed by atoms with E-state index >= 15 is 0 Å². The van der Waals surface area contributed by atoms with Crippen molar-refractivity contribution >= 4 is 39.6 Å². The zero-order valence-corrected chi connectivity index (χ0v) is 24.0. The maximum absolute atomic E-state index is 12.7. The van der Waals surface area contributed by atoms with Crippen LogP contribution < -0.4 is 0 Å². The summed E-state index contributed by atoms with van der Waals surface area (Å²) in [6.45, 7) is 2.74. The van der Waals surface area contributed by atoms with Crippen LogP contribution in [0.25, 0.3) is 27.5 Å². The van der Waals surface area contributed by atoms with Gasteiger partial charge < -0.3 is 4.90 Å². The number of nitrogens with zero attached hydrogens (tertiary/aromatic N) is 3. The van der Waals surface area contributed by atoms with Crippen LogP contribution in [-0.4, -0.2) is 46.7 Å². The van der Waals surface area contributed by atoms with Crippen molar-refractivity contribution in [2.24, 2.45) is 16.8 Å². The lowest BCUT2D eigenvalue weighted by molar-refractivity contribution is 0.0787. The molecule has 1 atom stereocenters. The molecule has 0 spiro atoms. The monoisotopic (exact) mass is 547 g/mol. The molecule has 1 aromatic heterocycles. The molecule has 2 fully saturated rings. The summed E-state index contributed by atoms with van der Waals surface area (Å²) in [5.74, 6) is 2.86. The van der Waals surface area contributed by atoms with Crippen LogP contribution in [-0.2, 0) is 6.42 Å². The first-order valence-electron chi connectivity index (χ1n) is 15.1. The second-order valence-electron chi connectivity index (χ2n) is 11.7. The molecular formula is C35H37N3OS. The summed E-state index contributed by atoms with van der Waals surface area (Å²) in [7, 11) is 0. The highest BCUT2D eigenvalue weighted by atomic mass is 32.2. The molecule has 1 unspecified atom stereocenters. The van der Waals surface area contributed by atoms with Gasteiger partial charge in [-0.3, -0.25) is 14.8 Å². The molecule has 4 nitrogen and oxygen atoms in total. The van der Waals surface area contributed by atoms with Crippen LogP contribution in [0.2, 0.25) is 0 Å². The summed E-state index contributed by atoms with van der Waals surface area (Å²) < 4.78 is 0. The van der Waals surface area contributed by atoms with Gasteiger partial charge in [-0.25, -0.2) is 0 Å². The SMILES string of the molecule is C1=NCCS1.O=C(c1ccc(-c2ccc3c4c(ccc3c2)C2=C(CCC=C2)C(C2CCC2)C4)cn1)N1CCCC1. The topological polar surface area (TPSA) is 45.6 Å². The fourth-order valence-corrected chi connectivity index (χ4v) is 7.58. The first-order chi connectivity index (χ1) is 19.8. The molecule has 5 aliphatic rings.